The van der Waals surface area contributed by atoms with Gasteiger partial charge in [-0.3, -0.25) is 0 Å². The number of benzene rings is 2. The zero-order chi connectivity index (χ0) is 14.7. The van der Waals surface area contributed by atoms with Crippen LogP contribution >= 0.6 is 12.2 Å². The average Bonchev–Trinajstić information content (AvgIpc) is 2.82. The third kappa shape index (κ3) is 2.97. The van der Waals surface area contributed by atoms with Gasteiger partial charge in [-0.15, -0.1) is 0 Å². The van der Waals surface area contributed by atoms with E-state index in [0.717, 1.165) is 17.7 Å². The van der Waals surface area contributed by atoms with E-state index in [9.17, 15) is 4.39 Å². The summed E-state index contributed by atoms with van der Waals surface area (Å²) in [5, 5.41) is 0. The van der Waals surface area contributed by atoms with Crippen molar-refractivity contribution in [3.8, 4) is 5.75 Å². The van der Waals surface area contributed by atoms with Crippen molar-refractivity contribution in [1.82, 2.24) is 9.55 Å². The molecule has 108 valence electrons. The highest BCUT2D eigenvalue weighted by atomic mass is 32.1. The Balaban J connectivity index is 1.67. The monoisotopic (exact) mass is 302 g/mol. The molecule has 21 heavy (non-hydrogen) atoms. The largest absolute Gasteiger partial charge is 0.494 e. The molecule has 3 rings (SSSR count). The average molecular weight is 302 g/mol. The maximum Gasteiger partial charge on any atom is 0.178 e. The number of imidazole rings is 1. The van der Waals surface area contributed by atoms with Crippen LogP contribution in [0.3, 0.4) is 0 Å². The number of para-hydroxylation sites is 2. The van der Waals surface area contributed by atoms with Crippen molar-refractivity contribution >= 4 is 23.3 Å². The second-order valence-corrected chi connectivity index (χ2v) is 5.12. The van der Waals surface area contributed by atoms with E-state index in [1.54, 1.807) is 6.07 Å². The smallest absolute Gasteiger partial charge is 0.178 e. The van der Waals surface area contributed by atoms with Crippen LogP contribution in [0.2, 0.25) is 0 Å². The Morgan fingerprint density at radius 3 is 2.71 bits per heavy atom. The van der Waals surface area contributed by atoms with Gasteiger partial charge in [0.1, 0.15) is 17.1 Å². The lowest BCUT2D eigenvalue weighted by molar-refractivity contribution is 0.302. The summed E-state index contributed by atoms with van der Waals surface area (Å²) in [5.74, 6) is 0.573. The van der Waals surface area contributed by atoms with Crippen LogP contribution in [-0.2, 0) is 6.54 Å². The number of H-pyrrole nitrogens is 1. The molecule has 0 saturated heterocycles. The molecule has 0 spiro atoms. The summed E-state index contributed by atoms with van der Waals surface area (Å²) in [6, 6.07) is 14.7. The highest BCUT2D eigenvalue weighted by molar-refractivity contribution is 7.71. The predicted octanol–water partition coefficient (Wildman–Crippen LogP) is 4.31. The second kappa shape index (κ2) is 6.10. The summed E-state index contributed by atoms with van der Waals surface area (Å²) in [6.45, 7) is 1.28. The van der Waals surface area contributed by atoms with Gasteiger partial charge in [-0.25, -0.2) is 4.39 Å². The topological polar surface area (TPSA) is 29.9 Å². The van der Waals surface area contributed by atoms with Crippen LogP contribution in [0, 0.1) is 10.6 Å². The lowest BCUT2D eigenvalue weighted by Crippen LogP contribution is -2.04. The number of nitrogens with zero attached hydrogens (tertiary/aromatic N) is 1. The molecule has 0 unspecified atom stereocenters. The van der Waals surface area contributed by atoms with Crippen molar-refractivity contribution < 1.29 is 9.13 Å². The van der Waals surface area contributed by atoms with Gasteiger partial charge < -0.3 is 14.3 Å². The highest BCUT2D eigenvalue weighted by Gasteiger charge is 2.07. The summed E-state index contributed by atoms with van der Waals surface area (Å²) < 4.78 is 21.8. The van der Waals surface area contributed by atoms with Crippen LogP contribution < -0.4 is 4.74 Å². The van der Waals surface area contributed by atoms with Gasteiger partial charge in [-0.05, 0) is 42.9 Å². The number of aromatic nitrogens is 2. The second-order valence-electron chi connectivity index (χ2n) is 4.73. The Morgan fingerprint density at radius 2 is 1.90 bits per heavy atom. The van der Waals surface area contributed by atoms with Crippen LogP contribution in [0.25, 0.3) is 11.0 Å². The number of halogens is 1. The van der Waals surface area contributed by atoms with Crippen LogP contribution in [0.4, 0.5) is 4.39 Å². The summed E-state index contributed by atoms with van der Waals surface area (Å²) in [4.78, 5) is 2.92. The van der Waals surface area contributed by atoms with E-state index >= 15 is 0 Å². The van der Waals surface area contributed by atoms with Crippen molar-refractivity contribution in [1.29, 1.82) is 0 Å². The molecule has 0 amide bonds. The third-order valence-electron chi connectivity index (χ3n) is 3.30. The number of fused-ring (bicyclic) bond motifs is 1. The molecule has 0 atom stereocenters. The molecule has 0 saturated carbocycles. The molecule has 0 fully saturated rings. The van der Waals surface area contributed by atoms with Crippen molar-refractivity contribution in [2.24, 2.45) is 0 Å². The van der Waals surface area contributed by atoms with Crippen molar-refractivity contribution in [2.75, 3.05) is 6.61 Å². The first-order valence-electron chi connectivity index (χ1n) is 6.80. The van der Waals surface area contributed by atoms with E-state index < -0.39 is 0 Å². The standard InChI is InChI=1S/C16H15FN2OS/c17-13-8-4-9-14-15(13)18-16(21)19(14)10-5-11-20-12-6-2-1-3-7-12/h1-4,6-9H,5,10-11H2,(H,18,21). The number of rotatable bonds is 5. The fourth-order valence-corrected chi connectivity index (χ4v) is 2.59. The lowest BCUT2D eigenvalue weighted by atomic mass is 10.3. The van der Waals surface area contributed by atoms with Gasteiger partial charge in [0, 0.05) is 6.54 Å². The number of hydrogen-bond donors (Lipinski definition) is 1. The van der Waals surface area contributed by atoms with Crippen LogP contribution in [0.5, 0.6) is 5.75 Å². The minimum atomic E-state index is -0.280. The summed E-state index contributed by atoms with van der Waals surface area (Å²) >= 11 is 5.26. The van der Waals surface area contributed by atoms with Gasteiger partial charge in [-0.2, -0.15) is 0 Å². The van der Waals surface area contributed by atoms with E-state index in [1.807, 2.05) is 41.0 Å². The van der Waals surface area contributed by atoms with Gasteiger partial charge in [0.25, 0.3) is 0 Å². The first kappa shape index (κ1) is 13.8. The third-order valence-corrected chi connectivity index (χ3v) is 3.62. The molecule has 5 heteroatoms. The summed E-state index contributed by atoms with van der Waals surface area (Å²) in [7, 11) is 0. The maximum atomic E-state index is 13.7. The van der Waals surface area contributed by atoms with Gasteiger partial charge in [-0.1, -0.05) is 24.3 Å². The Morgan fingerprint density at radius 1 is 1.10 bits per heavy atom. The van der Waals surface area contributed by atoms with Gasteiger partial charge in [0.05, 0.1) is 12.1 Å². The fraction of sp³-hybridized carbons (Fsp3) is 0.188. The van der Waals surface area contributed by atoms with Gasteiger partial charge >= 0.3 is 0 Å². The number of ether oxygens (including phenoxy) is 1. The van der Waals surface area contributed by atoms with Crippen molar-refractivity contribution in [3.63, 3.8) is 0 Å². The molecule has 1 heterocycles. The maximum absolute atomic E-state index is 13.7. The molecule has 0 aliphatic carbocycles. The number of nitrogens with one attached hydrogen (secondary N) is 1. The van der Waals surface area contributed by atoms with E-state index in [1.165, 1.54) is 6.07 Å². The zero-order valence-corrected chi connectivity index (χ0v) is 12.2. The zero-order valence-electron chi connectivity index (χ0n) is 11.4. The SMILES string of the molecule is Fc1cccc2c1[nH]c(=S)n2CCCOc1ccccc1. The molecule has 0 aliphatic rings. The molecular weight excluding hydrogens is 287 g/mol. The number of hydrogen-bond acceptors (Lipinski definition) is 2. The minimum Gasteiger partial charge on any atom is -0.494 e. The summed E-state index contributed by atoms with van der Waals surface area (Å²) in [5.41, 5.74) is 1.26. The van der Waals surface area contributed by atoms with E-state index in [2.05, 4.69) is 4.98 Å². The molecule has 3 nitrogen and oxygen atoms in total. The van der Waals surface area contributed by atoms with Crippen LogP contribution in [0.1, 0.15) is 6.42 Å². The van der Waals surface area contributed by atoms with Gasteiger partial charge in [0.2, 0.25) is 0 Å². The Kier molecular flexibility index (Phi) is 4.01. The normalized spacial score (nSPS) is 10.9. The van der Waals surface area contributed by atoms with Crippen molar-refractivity contribution in [3.05, 3.63) is 59.1 Å². The summed E-state index contributed by atoms with van der Waals surface area (Å²) in [6.07, 6.45) is 0.798. The highest BCUT2D eigenvalue weighted by Crippen LogP contribution is 2.17. The van der Waals surface area contributed by atoms with Crippen LogP contribution in [-0.4, -0.2) is 16.2 Å². The number of aryl methyl sites for hydroxylation is 1. The molecule has 2 aromatic carbocycles. The minimum absolute atomic E-state index is 0.280. The predicted molar refractivity (Wildman–Crippen MR) is 83.6 cm³/mol. The Hall–Kier alpha value is -2.14. The van der Waals surface area contributed by atoms with Crippen molar-refractivity contribution in [2.45, 2.75) is 13.0 Å². The quantitative estimate of drug-likeness (QED) is 0.562. The molecule has 0 aliphatic heterocycles. The Labute approximate surface area is 127 Å². The molecular formula is C16H15FN2OS. The molecule has 1 N–H and O–H groups in total. The fourth-order valence-electron chi connectivity index (χ4n) is 2.30. The van der Waals surface area contributed by atoms with Crippen LogP contribution in [0.15, 0.2) is 48.5 Å². The molecule has 0 bridgehead atoms. The Bertz CT molecular complexity index is 795. The molecule has 1 aromatic heterocycles. The first-order valence-corrected chi connectivity index (χ1v) is 7.21. The van der Waals surface area contributed by atoms with E-state index in [-0.39, 0.29) is 5.82 Å². The first-order chi connectivity index (χ1) is 10.3. The lowest BCUT2D eigenvalue weighted by Gasteiger charge is -2.07. The molecule has 3 aromatic rings. The van der Waals surface area contributed by atoms with E-state index in [4.69, 9.17) is 17.0 Å². The molecule has 0 radical (unpaired) electrons. The van der Waals surface area contributed by atoms with Gasteiger partial charge in [0.15, 0.2) is 4.77 Å². The van der Waals surface area contributed by atoms with E-state index in [0.29, 0.717) is 23.4 Å². The number of aromatic amines is 1.